The van der Waals surface area contributed by atoms with Crippen LogP contribution >= 0.6 is 0 Å². The van der Waals surface area contributed by atoms with Gasteiger partial charge < -0.3 is 15.1 Å². The van der Waals surface area contributed by atoms with Crippen LogP contribution in [0.2, 0.25) is 0 Å². The van der Waals surface area contributed by atoms with Crippen LogP contribution in [0.5, 0.6) is 0 Å². The first-order valence-corrected chi connectivity index (χ1v) is 9.08. The summed E-state index contributed by atoms with van der Waals surface area (Å²) in [5.74, 6) is 0.107. The second-order valence-corrected chi connectivity index (χ2v) is 6.62. The Labute approximate surface area is 154 Å². The SMILES string of the molecule is CCc1ccc(CN(C)C(=O)Nc2ccccc2N2CCCC2=O)cc1. The van der Waals surface area contributed by atoms with Gasteiger partial charge in [-0.15, -0.1) is 0 Å². The molecule has 2 aromatic rings. The van der Waals surface area contributed by atoms with Gasteiger partial charge in [-0.05, 0) is 36.1 Å². The van der Waals surface area contributed by atoms with Gasteiger partial charge >= 0.3 is 6.03 Å². The Kier molecular flexibility index (Phi) is 5.56. The minimum atomic E-state index is -0.191. The monoisotopic (exact) mass is 351 g/mol. The number of urea groups is 1. The highest BCUT2D eigenvalue weighted by atomic mass is 16.2. The van der Waals surface area contributed by atoms with Crippen molar-refractivity contribution >= 4 is 23.3 Å². The van der Waals surface area contributed by atoms with Gasteiger partial charge in [-0.2, -0.15) is 0 Å². The largest absolute Gasteiger partial charge is 0.323 e. The van der Waals surface area contributed by atoms with Gasteiger partial charge in [-0.3, -0.25) is 4.79 Å². The van der Waals surface area contributed by atoms with Crippen LogP contribution in [0.25, 0.3) is 0 Å². The third-order valence-electron chi connectivity index (χ3n) is 4.71. The van der Waals surface area contributed by atoms with Gasteiger partial charge in [0.15, 0.2) is 0 Å². The first-order valence-electron chi connectivity index (χ1n) is 9.08. The van der Waals surface area contributed by atoms with Gasteiger partial charge in [0, 0.05) is 26.6 Å². The molecule has 0 aliphatic carbocycles. The van der Waals surface area contributed by atoms with Crippen molar-refractivity contribution in [2.75, 3.05) is 23.8 Å². The quantitative estimate of drug-likeness (QED) is 0.884. The summed E-state index contributed by atoms with van der Waals surface area (Å²) in [6, 6.07) is 15.6. The van der Waals surface area contributed by atoms with Crippen molar-refractivity contribution in [3.8, 4) is 0 Å². The molecule has 2 aromatic carbocycles. The van der Waals surface area contributed by atoms with E-state index in [1.165, 1.54) is 5.56 Å². The second kappa shape index (κ2) is 8.04. The summed E-state index contributed by atoms with van der Waals surface area (Å²) in [4.78, 5) is 28.0. The van der Waals surface area contributed by atoms with Gasteiger partial charge in [0.1, 0.15) is 0 Å². The number of carbonyl (C=O) groups is 2. The highest BCUT2D eigenvalue weighted by Gasteiger charge is 2.24. The molecule has 1 heterocycles. The third kappa shape index (κ3) is 4.04. The zero-order chi connectivity index (χ0) is 18.5. The fourth-order valence-corrected chi connectivity index (χ4v) is 3.15. The lowest BCUT2D eigenvalue weighted by atomic mass is 10.1. The van der Waals surface area contributed by atoms with Crippen molar-refractivity contribution in [3.05, 3.63) is 59.7 Å². The number of para-hydroxylation sites is 2. The minimum Gasteiger partial charge on any atom is -0.323 e. The van der Waals surface area contributed by atoms with E-state index in [9.17, 15) is 9.59 Å². The Hall–Kier alpha value is -2.82. The first-order chi connectivity index (χ1) is 12.6. The van der Waals surface area contributed by atoms with Crippen molar-refractivity contribution in [2.45, 2.75) is 32.7 Å². The van der Waals surface area contributed by atoms with Crippen LogP contribution in [-0.4, -0.2) is 30.4 Å². The van der Waals surface area contributed by atoms with Crippen LogP contribution in [-0.2, 0) is 17.8 Å². The van der Waals surface area contributed by atoms with Crippen molar-refractivity contribution in [2.24, 2.45) is 0 Å². The fraction of sp³-hybridized carbons (Fsp3) is 0.333. The first kappa shape index (κ1) is 18.0. The fourth-order valence-electron chi connectivity index (χ4n) is 3.15. The Morgan fingerprint density at radius 2 is 1.81 bits per heavy atom. The van der Waals surface area contributed by atoms with Crippen molar-refractivity contribution in [1.29, 1.82) is 0 Å². The molecule has 0 saturated carbocycles. The van der Waals surface area contributed by atoms with E-state index in [4.69, 9.17) is 0 Å². The number of nitrogens with one attached hydrogen (secondary N) is 1. The lowest BCUT2D eigenvalue weighted by Gasteiger charge is -2.23. The Morgan fingerprint density at radius 1 is 1.12 bits per heavy atom. The van der Waals surface area contributed by atoms with E-state index in [0.29, 0.717) is 25.2 Å². The van der Waals surface area contributed by atoms with Crippen LogP contribution in [0.3, 0.4) is 0 Å². The molecule has 0 bridgehead atoms. The Bertz CT molecular complexity index is 786. The number of hydrogen-bond acceptors (Lipinski definition) is 2. The number of aryl methyl sites for hydroxylation is 1. The maximum absolute atomic E-state index is 12.6. The summed E-state index contributed by atoms with van der Waals surface area (Å²) in [5, 5.41) is 2.94. The molecular weight excluding hydrogens is 326 g/mol. The number of benzene rings is 2. The van der Waals surface area contributed by atoms with Crippen LogP contribution in [0, 0.1) is 0 Å². The van der Waals surface area contributed by atoms with Crippen molar-refractivity contribution in [3.63, 3.8) is 0 Å². The van der Waals surface area contributed by atoms with Crippen LogP contribution < -0.4 is 10.2 Å². The molecule has 5 nitrogen and oxygen atoms in total. The zero-order valence-corrected chi connectivity index (χ0v) is 15.4. The van der Waals surface area contributed by atoms with Crippen LogP contribution in [0.4, 0.5) is 16.2 Å². The normalized spacial score (nSPS) is 13.8. The van der Waals surface area contributed by atoms with E-state index in [1.807, 2.05) is 24.3 Å². The van der Waals surface area contributed by atoms with E-state index in [0.717, 1.165) is 24.1 Å². The number of rotatable bonds is 5. The summed E-state index contributed by atoms with van der Waals surface area (Å²) in [6.45, 7) is 3.35. The van der Waals surface area contributed by atoms with E-state index in [2.05, 4.69) is 36.5 Å². The highest BCUT2D eigenvalue weighted by molar-refractivity contribution is 6.01. The molecule has 1 N–H and O–H groups in total. The standard InChI is InChI=1S/C21H25N3O2/c1-3-16-10-12-17(13-11-16)15-23(2)21(26)22-18-7-4-5-8-19(18)24-14-6-9-20(24)25/h4-5,7-8,10-13H,3,6,9,14-15H2,1-2H3,(H,22,26). The molecule has 26 heavy (non-hydrogen) atoms. The molecule has 0 spiro atoms. The van der Waals surface area contributed by atoms with E-state index in [-0.39, 0.29) is 11.9 Å². The highest BCUT2D eigenvalue weighted by Crippen LogP contribution is 2.29. The molecule has 0 aromatic heterocycles. The predicted molar refractivity (Wildman–Crippen MR) is 104 cm³/mol. The molecule has 0 radical (unpaired) electrons. The summed E-state index contributed by atoms with van der Waals surface area (Å²) in [7, 11) is 1.77. The molecule has 3 rings (SSSR count). The van der Waals surface area contributed by atoms with E-state index in [1.54, 1.807) is 16.8 Å². The van der Waals surface area contributed by atoms with Gasteiger partial charge in [-0.1, -0.05) is 43.3 Å². The summed E-state index contributed by atoms with van der Waals surface area (Å²) in [6.07, 6.45) is 2.42. The average Bonchev–Trinajstić information content (AvgIpc) is 3.08. The van der Waals surface area contributed by atoms with Crippen molar-refractivity contribution < 1.29 is 9.59 Å². The topological polar surface area (TPSA) is 52.7 Å². The summed E-state index contributed by atoms with van der Waals surface area (Å²) in [5.41, 5.74) is 3.80. The molecule has 1 aliphatic rings. The molecule has 136 valence electrons. The van der Waals surface area contributed by atoms with Gasteiger partial charge in [-0.25, -0.2) is 4.79 Å². The molecule has 1 saturated heterocycles. The maximum Gasteiger partial charge on any atom is 0.321 e. The van der Waals surface area contributed by atoms with Crippen LogP contribution in [0.1, 0.15) is 30.9 Å². The molecule has 1 aliphatic heterocycles. The lowest BCUT2D eigenvalue weighted by molar-refractivity contribution is -0.117. The smallest absolute Gasteiger partial charge is 0.321 e. The number of carbonyl (C=O) groups excluding carboxylic acids is 2. The number of hydrogen-bond donors (Lipinski definition) is 1. The zero-order valence-electron chi connectivity index (χ0n) is 15.4. The molecular formula is C21H25N3O2. The van der Waals surface area contributed by atoms with E-state index >= 15 is 0 Å². The average molecular weight is 351 g/mol. The summed E-state index contributed by atoms with van der Waals surface area (Å²) >= 11 is 0. The second-order valence-electron chi connectivity index (χ2n) is 6.62. The minimum absolute atomic E-state index is 0.107. The van der Waals surface area contributed by atoms with Crippen LogP contribution in [0.15, 0.2) is 48.5 Å². The Morgan fingerprint density at radius 3 is 2.46 bits per heavy atom. The molecule has 1 fully saturated rings. The third-order valence-corrected chi connectivity index (χ3v) is 4.71. The number of anilines is 2. The lowest BCUT2D eigenvalue weighted by Crippen LogP contribution is -2.32. The molecule has 3 amide bonds. The van der Waals surface area contributed by atoms with Gasteiger partial charge in [0.05, 0.1) is 11.4 Å². The molecule has 5 heteroatoms. The Balaban J connectivity index is 1.68. The predicted octanol–water partition coefficient (Wildman–Crippen LogP) is 4.04. The molecule has 0 atom stereocenters. The summed E-state index contributed by atoms with van der Waals surface area (Å²) < 4.78 is 0. The number of amides is 3. The van der Waals surface area contributed by atoms with Crippen molar-refractivity contribution in [1.82, 2.24) is 4.90 Å². The maximum atomic E-state index is 12.6. The molecule has 0 unspecified atom stereocenters. The van der Waals surface area contributed by atoms with E-state index < -0.39 is 0 Å². The number of nitrogens with zero attached hydrogens (tertiary/aromatic N) is 2. The van der Waals surface area contributed by atoms with Gasteiger partial charge in [0.2, 0.25) is 5.91 Å². The van der Waals surface area contributed by atoms with Gasteiger partial charge in [0.25, 0.3) is 0 Å².